The molecule has 1 amide bonds. The van der Waals surface area contributed by atoms with E-state index in [0.717, 1.165) is 0 Å². The van der Waals surface area contributed by atoms with Crippen LogP contribution in [0.2, 0.25) is 0 Å². The molecule has 2 N–H and O–H groups in total. The molecule has 0 heterocycles. The monoisotopic (exact) mass is 195 g/mol. The summed E-state index contributed by atoms with van der Waals surface area (Å²) in [5.41, 5.74) is 0. The number of rotatable bonds is 3. The van der Waals surface area contributed by atoms with Crippen LogP contribution >= 0.6 is 16.1 Å². The first-order chi connectivity index (χ1) is 4.16. The highest BCUT2D eigenvalue weighted by Crippen LogP contribution is 1.88. The lowest BCUT2D eigenvalue weighted by Crippen LogP contribution is -2.12. The Morgan fingerprint density at radius 2 is 2.00 bits per heavy atom. The van der Waals surface area contributed by atoms with Gasteiger partial charge in [0.25, 0.3) is 0 Å². The maximum absolute atomic E-state index is 10.3. The van der Waals surface area contributed by atoms with Gasteiger partial charge in [-0.15, -0.1) is 0 Å². The van der Waals surface area contributed by atoms with Crippen LogP contribution in [-0.4, -0.2) is 17.0 Å². The Morgan fingerprint density at radius 1 is 1.44 bits per heavy atom. The predicted octanol–water partition coefficient (Wildman–Crippen LogP) is 0.277. The third-order valence-electron chi connectivity index (χ3n) is 0.671. The van der Waals surface area contributed by atoms with Gasteiger partial charge in [-0.1, -0.05) is 0 Å². The van der Waals surface area contributed by atoms with Gasteiger partial charge in [-0.2, -0.15) is 0 Å². The lowest BCUT2D eigenvalue weighted by Gasteiger charge is -1.91. The molecule has 0 aromatic carbocycles. The summed E-state index contributed by atoms with van der Waals surface area (Å²) < 4.78 is 2.13. The second kappa shape index (κ2) is 4.31. The Bertz CT molecular complexity index is 125. The van der Waals surface area contributed by atoms with Crippen molar-refractivity contribution in [3.05, 3.63) is 0 Å². The molecular formula is C4H6BrNO3. The molecule has 0 atom stereocenters. The SMILES string of the molecule is O=C(O)CCC(=O)NBr. The molecule has 5 heteroatoms. The number of aliphatic carboxylic acids is 1. The highest BCUT2D eigenvalue weighted by atomic mass is 79.9. The number of carboxylic acid groups (broad SMARTS) is 1. The molecule has 0 aliphatic heterocycles. The predicted molar refractivity (Wildman–Crippen MR) is 33.9 cm³/mol. The van der Waals surface area contributed by atoms with Crippen LogP contribution in [0.4, 0.5) is 0 Å². The third-order valence-corrected chi connectivity index (χ3v) is 1.11. The topological polar surface area (TPSA) is 66.4 Å². The molecule has 0 spiro atoms. The lowest BCUT2D eigenvalue weighted by molar-refractivity contribution is -0.138. The molecule has 0 saturated heterocycles. The van der Waals surface area contributed by atoms with E-state index < -0.39 is 5.97 Å². The summed E-state index contributed by atoms with van der Waals surface area (Å²) in [6, 6.07) is 0. The maximum Gasteiger partial charge on any atom is 0.303 e. The van der Waals surface area contributed by atoms with Crippen molar-refractivity contribution < 1.29 is 14.7 Å². The molecule has 0 aromatic heterocycles. The number of hydrogen-bond donors (Lipinski definition) is 2. The van der Waals surface area contributed by atoms with Crippen molar-refractivity contribution in [2.75, 3.05) is 0 Å². The van der Waals surface area contributed by atoms with E-state index in [-0.39, 0.29) is 18.7 Å². The van der Waals surface area contributed by atoms with Crippen molar-refractivity contribution in [3.8, 4) is 0 Å². The van der Waals surface area contributed by atoms with Gasteiger partial charge in [-0.05, 0) is 0 Å². The minimum Gasteiger partial charge on any atom is -0.481 e. The van der Waals surface area contributed by atoms with E-state index in [0.29, 0.717) is 0 Å². The fourth-order valence-electron chi connectivity index (χ4n) is 0.268. The molecule has 0 aromatic rings. The van der Waals surface area contributed by atoms with Crippen molar-refractivity contribution in [3.63, 3.8) is 0 Å². The first kappa shape index (κ1) is 8.42. The second-order valence-corrected chi connectivity index (χ2v) is 1.81. The van der Waals surface area contributed by atoms with Gasteiger partial charge in [0.15, 0.2) is 0 Å². The molecule has 4 nitrogen and oxygen atoms in total. The second-order valence-electron chi connectivity index (χ2n) is 1.41. The van der Waals surface area contributed by atoms with Gasteiger partial charge >= 0.3 is 5.97 Å². The number of carbonyl (C=O) groups excluding carboxylic acids is 1. The summed E-state index contributed by atoms with van der Waals surface area (Å²) in [5, 5.41) is 8.06. The fourth-order valence-corrected chi connectivity index (χ4v) is 0.466. The van der Waals surface area contributed by atoms with Crippen LogP contribution in [-0.2, 0) is 9.59 Å². The first-order valence-corrected chi connectivity index (χ1v) is 3.07. The van der Waals surface area contributed by atoms with Crippen molar-refractivity contribution in [2.45, 2.75) is 12.8 Å². The number of amides is 1. The van der Waals surface area contributed by atoms with E-state index in [1.54, 1.807) is 0 Å². The summed E-state index contributed by atoms with van der Waals surface area (Å²) in [6.45, 7) is 0. The first-order valence-electron chi connectivity index (χ1n) is 2.28. The van der Waals surface area contributed by atoms with Gasteiger partial charge in [-0.25, -0.2) is 0 Å². The molecule has 0 aliphatic carbocycles. The number of halogens is 1. The van der Waals surface area contributed by atoms with E-state index in [1.165, 1.54) is 0 Å². The molecule has 0 fully saturated rings. The molecule has 0 aliphatic rings. The number of hydrogen-bond acceptors (Lipinski definition) is 2. The third kappa shape index (κ3) is 5.29. The van der Waals surface area contributed by atoms with Crippen LogP contribution in [0.1, 0.15) is 12.8 Å². The quantitative estimate of drug-likeness (QED) is 0.637. The molecule has 0 saturated carbocycles. The molecule has 0 rings (SSSR count). The summed E-state index contributed by atoms with van der Waals surface area (Å²) >= 11 is 2.67. The highest BCUT2D eigenvalue weighted by Gasteiger charge is 2.01. The Labute approximate surface area is 60.6 Å². The van der Waals surface area contributed by atoms with E-state index in [2.05, 4.69) is 20.5 Å². The van der Waals surface area contributed by atoms with Crippen molar-refractivity contribution in [2.24, 2.45) is 0 Å². The van der Waals surface area contributed by atoms with Crippen LogP contribution in [0.5, 0.6) is 0 Å². The van der Waals surface area contributed by atoms with E-state index >= 15 is 0 Å². The van der Waals surface area contributed by atoms with Crippen LogP contribution in [0.25, 0.3) is 0 Å². The van der Waals surface area contributed by atoms with E-state index in [1.807, 2.05) is 0 Å². The smallest absolute Gasteiger partial charge is 0.303 e. The number of nitrogens with one attached hydrogen (secondary N) is 1. The zero-order valence-electron chi connectivity index (χ0n) is 4.56. The summed E-state index contributed by atoms with van der Waals surface area (Å²) in [5.74, 6) is -1.29. The number of carboxylic acids is 1. The Balaban J connectivity index is 3.28. The minimum absolute atomic E-state index is 0.0145. The normalized spacial score (nSPS) is 8.56. The van der Waals surface area contributed by atoms with Gasteiger partial charge in [0.05, 0.1) is 6.42 Å². The molecule has 0 unspecified atom stereocenters. The molecular weight excluding hydrogens is 190 g/mol. The van der Waals surface area contributed by atoms with Crippen LogP contribution < -0.4 is 4.34 Å². The standard InChI is InChI=1S/C4H6BrNO3/c5-6-3(7)1-2-4(8)9/h1-2H2,(H,6,7)(H,8,9). The van der Waals surface area contributed by atoms with Gasteiger partial charge in [0.2, 0.25) is 5.91 Å². The molecule has 9 heavy (non-hydrogen) atoms. The van der Waals surface area contributed by atoms with Crippen LogP contribution in [0.15, 0.2) is 0 Å². The number of carbonyl (C=O) groups is 2. The van der Waals surface area contributed by atoms with Gasteiger partial charge in [-0.3, -0.25) is 13.9 Å². The van der Waals surface area contributed by atoms with Gasteiger partial charge in [0.1, 0.15) is 0 Å². The molecule has 0 bridgehead atoms. The lowest BCUT2D eigenvalue weighted by atomic mass is 10.3. The summed E-state index contributed by atoms with van der Waals surface area (Å²) in [7, 11) is 0. The fraction of sp³-hybridized carbons (Fsp3) is 0.500. The molecule has 52 valence electrons. The van der Waals surface area contributed by atoms with E-state index in [9.17, 15) is 9.59 Å². The largest absolute Gasteiger partial charge is 0.481 e. The van der Waals surface area contributed by atoms with Crippen molar-refractivity contribution in [1.29, 1.82) is 0 Å². The van der Waals surface area contributed by atoms with Crippen molar-refractivity contribution in [1.82, 2.24) is 4.34 Å². The average molecular weight is 196 g/mol. The molecule has 0 radical (unpaired) electrons. The average Bonchev–Trinajstić information content (AvgIpc) is 1.83. The Morgan fingerprint density at radius 3 is 2.33 bits per heavy atom. The van der Waals surface area contributed by atoms with E-state index in [4.69, 9.17) is 5.11 Å². The zero-order valence-corrected chi connectivity index (χ0v) is 6.14. The van der Waals surface area contributed by atoms with Gasteiger partial charge in [0, 0.05) is 22.6 Å². The van der Waals surface area contributed by atoms with Crippen molar-refractivity contribution >= 4 is 28.0 Å². The minimum atomic E-state index is -0.967. The summed E-state index contributed by atoms with van der Waals surface area (Å²) in [4.78, 5) is 20.1. The Kier molecular flexibility index (Phi) is 4.04. The zero-order chi connectivity index (χ0) is 7.28. The van der Waals surface area contributed by atoms with Gasteiger partial charge < -0.3 is 5.11 Å². The van der Waals surface area contributed by atoms with Crippen LogP contribution in [0.3, 0.4) is 0 Å². The maximum atomic E-state index is 10.3. The Hall–Kier alpha value is -0.580. The van der Waals surface area contributed by atoms with Crippen LogP contribution in [0, 0.1) is 0 Å². The highest BCUT2D eigenvalue weighted by molar-refractivity contribution is 9.08. The summed E-state index contributed by atoms with van der Waals surface area (Å²) in [6.07, 6.45) is -0.113.